The number of aryl methyl sites for hydroxylation is 1. The number of fused-ring (bicyclic) bond motifs is 1. The van der Waals surface area contributed by atoms with E-state index in [1.807, 2.05) is 6.07 Å². The summed E-state index contributed by atoms with van der Waals surface area (Å²) < 4.78 is 17.5. The van der Waals surface area contributed by atoms with Crippen molar-refractivity contribution in [1.82, 2.24) is 9.88 Å². The molecule has 2 heterocycles. The van der Waals surface area contributed by atoms with Gasteiger partial charge in [-0.05, 0) is 36.6 Å². The first kappa shape index (κ1) is 23.5. The van der Waals surface area contributed by atoms with Gasteiger partial charge in [-0.15, -0.1) is 0 Å². The van der Waals surface area contributed by atoms with Gasteiger partial charge in [0.1, 0.15) is 0 Å². The highest BCUT2D eigenvalue weighted by atomic mass is 32.1. The topological polar surface area (TPSA) is 64.1 Å². The van der Waals surface area contributed by atoms with Crippen LogP contribution in [0.2, 0.25) is 0 Å². The Hall–Kier alpha value is -2.68. The zero-order chi connectivity index (χ0) is 23.2. The van der Waals surface area contributed by atoms with Crippen LogP contribution in [-0.4, -0.2) is 69.4 Å². The fraction of sp³-hybridized carbons (Fsp3) is 0.440. The van der Waals surface area contributed by atoms with Crippen LogP contribution in [-0.2, 0) is 11.2 Å². The Bertz CT molecular complexity index is 1090. The van der Waals surface area contributed by atoms with Crippen LogP contribution in [0.5, 0.6) is 11.5 Å². The lowest BCUT2D eigenvalue weighted by Crippen LogP contribution is -2.39. The van der Waals surface area contributed by atoms with Crippen LogP contribution in [0.1, 0.15) is 29.3 Å². The minimum atomic E-state index is -0.134. The summed E-state index contributed by atoms with van der Waals surface area (Å²) in [4.78, 5) is 22.9. The summed E-state index contributed by atoms with van der Waals surface area (Å²) in [5.41, 5.74) is 2.64. The van der Waals surface area contributed by atoms with Crippen molar-refractivity contribution in [3.8, 4) is 11.5 Å². The molecular formula is C25H31N3O4S. The van der Waals surface area contributed by atoms with Crippen molar-refractivity contribution in [2.75, 3.05) is 58.5 Å². The number of para-hydroxylation sites is 2. The maximum atomic E-state index is 13.8. The van der Waals surface area contributed by atoms with Gasteiger partial charge in [0, 0.05) is 26.2 Å². The first-order valence-corrected chi connectivity index (χ1v) is 12.2. The Kier molecular flexibility index (Phi) is 7.80. The van der Waals surface area contributed by atoms with Crippen LogP contribution in [0.3, 0.4) is 0 Å². The lowest BCUT2D eigenvalue weighted by atomic mass is 10.1. The van der Waals surface area contributed by atoms with Crippen molar-refractivity contribution in [3.05, 3.63) is 47.5 Å². The van der Waals surface area contributed by atoms with Gasteiger partial charge in [-0.25, -0.2) is 4.98 Å². The number of ether oxygens (including phenoxy) is 3. The summed E-state index contributed by atoms with van der Waals surface area (Å²) in [7, 11) is 3.13. The number of rotatable bonds is 9. The predicted octanol–water partition coefficient (Wildman–Crippen LogP) is 4.25. The third-order valence-electron chi connectivity index (χ3n) is 5.94. The van der Waals surface area contributed by atoms with Gasteiger partial charge in [0.25, 0.3) is 5.91 Å². The average molecular weight is 470 g/mol. The molecule has 1 amide bonds. The normalized spacial score (nSPS) is 14.4. The molecule has 1 aromatic heterocycles. The van der Waals surface area contributed by atoms with Crippen LogP contribution in [0, 0.1) is 0 Å². The molecular weight excluding hydrogens is 438 g/mol. The summed E-state index contributed by atoms with van der Waals surface area (Å²) in [6.07, 6.45) is 1.74. The molecule has 0 N–H and O–H groups in total. The van der Waals surface area contributed by atoms with E-state index in [0.717, 1.165) is 55.9 Å². The molecule has 3 aromatic rings. The summed E-state index contributed by atoms with van der Waals surface area (Å²) in [6, 6.07) is 11.6. The van der Waals surface area contributed by atoms with Crippen molar-refractivity contribution in [2.24, 2.45) is 0 Å². The van der Waals surface area contributed by atoms with Gasteiger partial charge in [0.05, 0.1) is 43.2 Å². The molecule has 7 nitrogen and oxygen atoms in total. The summed E-state index contributed by atoms with van der Waals surface area (Å²) in [5.74, 6) is 0.845. The Morgan fingerprint density at radius 2 is 1.94 bits per heavy atom. The molecule has 176 valence electrons. The first-order chi connectivity index (χ1) is 16.2. The highest BCUT2D eigenvalue weighted by Crippen LogP contribution is 2.35. The van der Waals surface area contributed by atoms with Gasteiger partial charge in [-0.3, -0.25) is 14.6 Å². The molecule has 0 aliphatic carbocycles. The van der Waals surface area contributed by atoms with E-state index in [1.165, 1.54) is 5.56 Å². The third-order valence-corrected chi connectivity index (χ3v) is 6.98. The van der Waals surface area contributed by atoms with Gasteiger partial charge in [0.15, 0.2) is 16.6 Å². The van der Waals surface area contributed by atoms with Gasteiger partial charge in [-0.2, -0.15) is 0 Å². The number of morpholine rings is 1. The van der Waals surface area contributed by atoms with Gasteiger partial charge >= 0.3 is 0 Å². The monoisotopic (exact) mass is 469 g/mol. The number of carbonyl (C=O) groups is 1. The lowest BCUT2D eigenvalue weighted by molar-refractivity contribution is 0.0376. The number of carbonyl (C=O) groups excluding carboxylic acids is 1. The fourth-order valence-electron chi connectivity index (χ4n) is 4.16. The quantitative estimate of drug-likeness (QED) is 0.467. The average Bonchev–Trinajstić information content (AvgIpc) is 3.30. The van der Waals surface area contributed by atoms with Crippen molar-refractivity contribution in [1.29, 1.82) is 0 Å². The molecule has 1 fully saturated rings. The SMILES string of the molecule is CCc1cccc2sc(N(CCCN3CCOCC3)C(=O)c3cccc(OC)c3OC)nc12. The Morgan fingerprint density at radius 3 is 2.67 bits per heavy atom. The predicted molar refractivity (Wildman–Crippen MR) is 132 cm³/mol. The van der Waals surface area contributed by atoms with E-state index in [4.69, 9.17) is 19.2 Å². The molecule has 0 unspecified atom stereocenters. The third kappa shape index (κ3) is 5.13. The second-order valence-corrected chi connectivity index (χ2v) is 8.93. The number of aromatic nitrogens is 1. The number of nitrogens with zero attached hydrogens (tertiary/aromatic N) is 3. The Balaban J connectivity index is 1.66. The van der Waals surface area contributed by atoms with Gasteiger partial charge < -0.3 is 14.2 Å². The smallest absolute Gasteiger partial charge is 0.263 e. The van der Waals surface area contributed by atoms with E-state index in [-0.39, 0.29) is 5.91 Å². The molecule has 8 heteroatoms. The van der Waals surface area contributed by atoms with Crippen LogP contribution >= 0.6 is 11.3 Å². The maximum Gasteiger partial charge on any atom is 0.263 e. The van der Waals surface area contributed by atoms with E-state index in [1.54, 1.807) is 42.6 Å². The number of hydrogen-bond donors (Lipinski definition) is 0. The van der Waals surface area contributed by atoms with Crippen LogP contribution in [0.25, 0.3) is 10.2 Å². The molecule has 0 radical (unpaired) electrons. The summed E-state index contributed by atoms with van der Waals surface area (Å²) >= 11 is 1.56. The molecule has 0 spiro atoms. The van der Waals surface area contributed by atoms with E-state index < -0.39 is 0 Å². The number of hydrogen-bond acceptors (Lipinski definition) is 7. The van der Waals surface area contributed by atoms with Crippen molar-refractivity contribution < 1.29 is 19.0 Å². The van der Waals surface area contributed by atoms with E-state index in [0.29, 0.717) is 28.7 Å². The van der Waals surface area contributed by atoms with Crippen LogP contribution in [0.15, 0.2) is 36.4 Å². The van der Waals surface area contributed by atoms with Crippen LogP contribution < -0.4 is 14.4 Å². The fourth-order valence-corrected chi connectivity index (χ4v) is 5.19. The number of thiazole rings is 1. The molecule has 1 aliphatic rings. The number of benzene rings is 2. The highest BCUT2D eigenvalue weighted by Gasteiger charge is 2.26. The van der Waals surface area contributed by atoms with Crippen molar-refractivity contribution in [2.45, 2.75) is 19.8 Å². The minimum absolute atomic E-state index is 0.134. The largest absolute Gasteiger partial charge is 0.493 e. The Labute approximate surface area is 198 Å². The molecule has 0 bridgehead atoms. The number of methoxy groups -OCH3 is 2. The molecule has 2 aromatic carbocycles. The first-order valence-electron chi connectivity index (χ1n) is 11.4. The minimum Gasteiger partial charge on any atom is -0.493 e. The standard InChI is InChI=1S/C25H31N3O4S/c1-4-18-8-5-11-21-22(18)26-25(33-21)28(13-7-12-27-14-16-32-17-15-27)24(29)19-9-6-10-20(30-2)23(19)31-3/h5-6,8-11H,4,7,12-17H2,1-3H3. The molecule has 33 heavy (non-hydrogen) atoms. The van der Waals surface area contributed by atoms with E-state index in [9.17, 15) is 4.79 Å². The molecule has 4 rings (SSSR count). The van der Waals surface area contributed by atoms with E-state index >= 15 is 0 Å². The zero-order valence-corrected chi connectivity index (χ0v) is 20.3. The Morgan fingerprint density at radius 1 is 1.15 bits per heavy atom. The van der Waals surface area contributed by atoms with Crippen molar-refractivity contribution >= 4 is 32.6 Å². The molecule has 0 saturated carbocycles. The van der Waals surface area contributed by atoms with Crippen LogP contribution in [0.4, 0.5) is 5.13 Å². The summed E-state index contributed by atoms with van der Waals surface area (Å²) in [6.45, 7) is 6.99. The highest BCUT2D eigenvalue weighted by molar-refractivity contribution is 7.22. The number of amides is 1. The summed E-state index contributed by atoms with van der Waals surface area (Å²) in [5, 5.41) is 0.711. The maximum absolute atomic E-state index is 13.8. The second-order valence-electron chi connectivity index (χ2n) is 7.92. The van der Waals surface area contributed by atoms with Crippen molar-refractivity contribution in [3.63, 3.8) is 0 Å². The lowest BCUT2D eigenvalue weighted by Gasteiger charge is -2.28. The molecule has 0 atom stereocenters. The van der Waals surface area contributed by atoms with Gasteiger partial charge in [0.2, 0.25) is 0 Å². The number of anilines is 1. The van der Waals surface area contributed by atoms with Gasteiger partial charge in [-0.1, -0.05) is 36.5 Å². The second kappa shape index (κ2) is 11.0. The van der Waals surface area contributed by atoms with E-state index in [2.05, 4.69) is 30.0 Å². The molecule has 1 aliphatic heterocycles. The molecule has 1 saturated heterocycles. The zero-order valence-electron chi connectivity index (χ0n) is 19.5.